The maximum Gasteiger partial charge on any atom is -0.147 e. The van der Waals surface area contributed by atoms with E-state index in [1.165, 1.54) is 33.4 Å². The fourth-order valence-corrected chi connectivity index (χ4v) is 33.8. The Bertz CT molecular complexity index is 1780. The molecule has 0 N–H and O–H groups in total. The summed E-state index contributed by atoms with van der Waals surface area (Å²) in [5, 5.41) is 0. The number of hydrogen-bond acceptors (Lipinski definition) is 0. The van der Waals surface area contributed by atoms with E-state index >= 15 is 0 Å². The Morgan fingerprint density at radius 1 is 0.575 bits per heavy atom. The van der Waals surface area contributed by atoms with Crippen molar-refractivity contribution in [2.45, 2.75) is 23.9 Å². The molecule has 2 aliphatic rings. The molecule has 0 aliphatic heterocycles. The Labute approximate surface area is 252 Å². The maximum absolute atomic E-state index is 4.46. The Hall–Kier alpha value is -2.48. The van der Waals surface area contributed by atoms with Gasteiger partial charge in [0.05, 0.1) is 0 Å². The van der Waals surface area contributed by atoms with Crippen LogP contribution in [0, 0.1) is 0 Å². The van der Waals surface area contributed by atoms with E-state index in [2.05, 4.69) is 148 Å². The van der Waals surface area contributed by atoms with Gasteiger partial charge in [-0.1, -0.05) is 0 Å². The zero-order valence-electron chi connectivity index (χ0n) is 22.9. The molecule has 0 fully saturated rings. The summed E-state index contributed by atoms with van der Waals surface area (Å²) in [4.78, 5) is 0. The Morgan fingerprint density at radius 2 is 1.10 bits per heavy atom. The first kappa shape index (κ1) is 29.0. The number of rotatable bonds is 4. The van der Waals surface area contributed by atoms with Gasteiger partial charge in [0.2, 0.25) is 0 Å². The van der Waals surface area contributed by atoms with Crippen molar-refractivity contribution in [1.82, 2.24) is 0 Å². The molecule has 1 atom stereocenters. The number of hydrogen-bond donors (Lipinski definition) is 0. The molecule has 5 aromatic rings. The van der Waals surface area contributed by atoms with Gasteiger partial charge >= 0.3 is 230 Å². The molecular formula is C36H34Cl2SiZr. The maximum atomic E-state index is 2.52. The zero-order chi connectivity index (χ0) is 25.9. The summed E-state index contributed by atoms with van der Waals surface area (Å²) in [6.45, 7) is 7.18. The summed E-state index contributed by atoms with van der Waals surface area (Å²) in [7, 11) is 0. The molecule has 0 bridgehead atoms. The zero-order valence-corrected chi connectivity index (χ0v) is 28.4. The molecule has 0 aromatic heterocycles. The third-order valence-electron chi connectivity index (χ3n) is 9.67. The van der Waals surface area contributed by atoms with Crippen LogP contribution in [0.4, 0.5) is 0 Å². The summed E-state index contributed by atoms with van der Waals surface area (Å²) in [5.74, 6) is 0. The van der Waals surface area contributed by atoms with Gasteiger partial charge in [-0.15, -0.1) is 24.8 Å². The van der Waals surface area contributed by atoms with Crippen molar-refractivity contribution in [3.8, 4) is 11.1 Å². The second kappa shape index (κ2) is 10.7. The van der Waals surface area contributed by atoms with Gasteiger partial charge in [-0.25, -0.2) is 0 Å². The normalized spacial score (nSPS) is 15.4. The second-order valence-corrected chi connectivity index (χ2v) is 33.1. The van der Waals surface area contributed by atoms with E-state index in [0.717, 1.165) is 6.42 Å². The van der Waals surface area contributed by atoms with Gasteiger partial charge in [-0.2, -0.15) is 0 Å². The van der Waals surface area contributed by atoms with E-state index < -0.39 is 17.4 Å². The number of fused-ring (bicyclic) bond motifs is 4. The SMILES string of the molecule is CC1=C(C)[CH]([Zr](=[SiH2])([c]2ccccc2)([c]2ccccc2)[c]2cccc3c2Cc2ccccc2-3)c2ccccc21.Cl.Cl. The van der Waals surface area contributed by atoms with Crippen molar-refractivity contribution in [2.75, 3.05) is 0 Å². The molecule has 0 saturated carbocycles. The molecule has 0 saturated heterocycles. The van der Waals surface area contributed by atoms with Gasteiger partial charge in [0.1, 0.15) is 0 Å². The summed E-state index contributed by atoms with van der Waals surface area (Å²) in [6, 6.07) is 48.7. The third kappa shape index (κ3) is 3.80. The van der Waals surface area contributed by atoms with Gasteiger partial charge in [-0.05, 0) is 0 Å². The second-order valence-electron chi connectivity index (χ2n) is 11.3. The monoisotopic (exact) mass is 654 g/mol. The molecule has 0 spiro atoms. The van der Waals surface area contributed by atoms with E-state index in [0.29, 0.717) is 3.63 Å². The molecule has 0 nitrogen and oxygen atoms in total. The van der Waals surface area contributed by atoms with Crippen LogP contribution >= 0.6 is 24.8 Å². The van der Waals surface area contributed by atoms with Gasteiger partial charge in [-0.3, -0.25) is 0 Å². The van der Waals surface area contributed by atoms with Crippen molar-refractivity contribution in [2.24, 2.45) is 0 Å². The first-order chi connectivity index (χ1) is 18.5. The largest absolute Gasteiger partial charge is 0.147 e. The van der Waals surface area contributed by atoms with Crippen molar-refractivity contribution in [3.05, 3.63) is 155 Å². The third-order valence-corrected chi connectivity index (χ3v) is 36.4. The molecule has 5 aromatic carbocycles. The Morgan fingerprint density at radius 3 is 1.75 bits per heavy atom. The predicted molar refractivity (Wildman–Crippen MR) is 177 cm³/mol. The summed E-state index contributed by atoms with van der Waals surface area (Å²) >= 11 is -4.46. The van der Waals surface area contributed by atoms with Crippen molar-refractivity contribution in [1.29, 1.82) is 0 Å². The standard InChI is InChI=1S/C13H9.C11H11.2C6H5.2ClH.H2Si.Zr/c1-3-7-12-10(5-1)9-11-6-2-4-8-13(11)12;1-8-7-10-5-3-4-6-11(10)9(8)2;2*1-2-4-6-5-3-1;;;;/h1-5,7-8H,9H2;3-7H,1-2H3;2*1-5H;2*1H;1H2;. The van der Waals surface area contributed by atoms with Crippen LogP contribution in [0.5, 0.6) is 0 Å². The molecule has 0 amide bonds. The van der Waals surface area contributed by atoms with Crippen molar-refractivity contribution >= 4 is 47.1 Å². The van der Waals surface area contributed by atoms with E-state index in [9.17, 15) is 0 Å². The van der Waals surface area contributed by atoms with Gasteiger partial charge < -0.3 is 0 Å². The molecular weight excluding hydrogens is 623 g/mol. The minimum Gasteiger partial charge on any atom is -0.147 e. The van der Waals surface area contributed by atoms with Crippen LogP contribution in [0.25, 0.3) is 16.7 Å². The van der Waals surface area contributed by atoms with E-state index in [4.69, 9.17) is 0 Å². The minimum atomic E-state index is -4.46. The van der Waals surface area contributed by atoms with Gasteiger partial charge in [0.25, 0.3) is 0 Å². The predicted octanol–water partition coefficient (Wildman–Crippen LogP) is 7.16. The van der Waals surface area contributed by atoms with E-state index in [-0.39, 0.29) is 24.8 Å². The number of allylic oxidation sites excluding steroid dienone is 2. The molecule has 0 heterocycles. The molecule has 7 rings (SSSR count). The summed E-state index contributed by atoms with van der Waals surface area (Å²) in [5.41, 5.74) is 11.8. The quantitative estimate of drug-likeness (QED) is 0.177. The van der Waals surface area contributed by atoms with Gasteiger partial charge in [0, 0.05) is 0 Å². The number of benzene rings is 5. The topological polar surface area (TPSA) is 0 Å². The summed E-state index contributed by atoms with van der Waals surface area (Å²) < 4.78 is 5.10. The number of halogens is 2. The van der Waals surface area contributed by atoms with E-state index in [1.54, 1.807) is 21.0 Å². The van der Waals surface area contributed by atoms with Crippen LogP contribution < -0.4 is 9.81 Å². The fourth-order valence-electron chi connectivity index (χ4n) is 7.87. The molecule has 2 aliphatic carbocycles. The van der Waals surface area contributed by atoms with Crippen LogP contribution in [-0.2, 0) is 23.8 Å². The van der Waals surface area contributed by atoms with Crippen LogP contribution in [-0.4, -0.2) is 6.88 Å². The summed E-state index contributed by atoms with van der Waals surface area (Å²) in [6.07, 6.45) is 1.01. The van der Waals surface area contributed by atoms with Crippen LogP contribution in [0.1, 0.15) is 39.7 Å². The van der Waals surface area contributed by atoms with Gasteiger partial charge in [0.15, 0.2) is 0 Å². The molecule has 200 valence electrons. The first-order valence-electron chi connectivity index (χ1n) is 13.6. The average molecular weight is 657 g/mol. The van der Waals surface area contributed by atoms with Crippen molar-refractivity contribution < 1.29 is 17.4 Å². The van der Waals surface area contributed by atoms with Crippen LogP contribution in [0.2, 0.25) is 0 Å². The Kier molecular flexibility index (Phi) is 7.79. The van der Waals surface area contributed by atoms with E-state index in [1.807, 2.05) is 0 Å². The molecule has 0 radical (unpaired) electrons. The first-order valence-corrected chi connectivity index (χ1v) is 24.7. The average Bonchev–Trinajstić information content (AvgIpc) is 3.49. The molecule has 4 heteroatoms. The smallest absolute Gasteiger partial charge is 0.147 e. The Balaban J connectivity index is 0.00000161. The fraction of sp³-hybridized carbons (Fsp3) is 0.111. The van der Waals surface area contributed by atoms with Crippen molar-refractivity contribution in [3.63, 3.8) is 0 Å². The minimum absolute atomic E-state index is 0. The van der Waals surface area contributed by atoms with Crippen LogP contribution in [0.3, 0.4) is 0 Å². The van der Waals surface area contributed by atoms with Crippen LogP contribution in [0.15, 0.2) is 133 Å². The molecule has 40 heavy (non-hydrogen) atoms. The molecule has 1 unspecified atom stereocenters.